The van der Waals surface area contributed by atoms with Gasteiger partial charge in [-0.2, -0.15) is 18.2 Å². The quantitative estimate of drug-likeness (QED) is 0.127. The third-order valence-corrected chi connectivity index (χ3v) is 15.8. The summed E-state index contributed by atoms with van der Waals surface area (Å²) in [4.78, 5) is 4.92. The van der Waals surface area contributed by atoms with E-state index in [4.69, 9.17) is 14.1 Å². The van der Waals surface area contributed by atoms with Crippen molar-refractivity contribution in [2.75, 3.05) is 0 Å². The second-order valence-corrected chi connectivity index (χ2v) is 24.1. The van der Waals surface area contributed by atoms with Crippen molar-refractivity contribution in [2.24, 2.45) is 0 Å². The van der Waals surface area contributed by atoms with Gasteiger partial charge in [0, 0.05) is 55.1 Å². The number of fused-ring (bicyclic) bond motifs is 13. The SMILES string of the molecule is CC(C)(C)c1ccnc(-n2c3[c-]c(Oc4[c-]c(-n5[c-][n+]6c7c(cc(-c8ccc9oc%10ccccc%10c9c8)cc75)-c5ccccc5-c5ccccc5-c5cc(C(C)(C)C)cc(C(C)(C)C)c5-6)ccc4)ccc3c3ccccc32)c1.[Pt]. The molecule has 0 saturated carbocycles. The molecule has 1 aliphatic rings. The van der Waals surface area contributed by atoms with Crippen LogP contribution in [0.1, 0.15) is 79.0 Å². The molecule has 0 N–H and O–H groups in total. The minimum Gasteiger partial charge on any atom is -0.510 e. The molecule has 14 rings (SSSR count). The summed E-state index contributed by atoms with van der Waals surface area (Å²) in [6, 6.07) is 72.8. The number of para-hydroxylation sites is 2. The monoisotopic (exact) mass is 1210 g/mol. The van der Waals surface area contributed by atoms with Crippen LogP contribution in [0.25, 0.3) is 116 Å². The summed E-state index contributed by atoms with van der Waals surface area (Å²) in [5.41, 5.74) is 20.0. The molecule has 0 saturated heterocycles. The Morgan fingerprint density at radius 1 is 0.481 bits per heavy atom. The standard InChI is InChI=1S/C72H58N4O2.Pt/c1-70(2,3)46-33-34-73-67(40-46)76-62-27-16-14-25-55(62)56-31-30-50(42-63(56)76)77-49-20-18-19-48(41-49)74-43-75-68-60(38-47(71(4,5)6)39-61(68)72(7,8)9)54-24-13-11-22-52(54)51-21-10-12-23-53(51)59-36-45(37-64(74)69(59)75)44-29-32-66-58(35-44)57-26-15-17-28-65(57)78-66;/h10-40H,1-9H3;/q-2;. The van der Waals surface area contributed by atoms with Crippen molar-refractivity contribution < 1.29 is 34.8 Å². The summed E-state index contributed by atoms with van der Waals surface area (Å²) in [6.45, 7) is 20.6. The Balaban J connectivity index is 0.00000591. The van der Waals surface area contributed by atoms with Gasteiger partial charge in [-0.15, -0.1) is 29.7 Å². The molecule has 0 radical (unpaired) electrons. The molecule has 79 heavy (non-hydrogen) atoms. The third-order valence-electron chi connectivity index (χ3n) is 15.8. The number of pyridine rings is 1. The Labute approximate surface area is 475 Å². The van der Waals surface area contributed by atoms with Crippen LogP contribution < -0.4 is 9.30 Å². The minimum atomic E-state index is -0.256. The van der Waals surface area contributed by atoms with Crippen LogP contribution in [0.2, 0.25) is 0 Å². The zero-order chi connectivity index (χ0) is 53.4. The molecule has 0 unspecified atom stereocenters. The zero-order valence-electron chi connectivity index (χ0n) is 45.8. The number of hydrogen-bond donors (Lipinski definition) is 0. The molecule has 1 aliphatic heterocycles. The first kappa shape index (κ1) is 50.2. The molecule has 4 aromatic heterocycles. The van der Waals surface area contributed by atoms with Crippen LogP contribution in [0.15, 0.2) is 193 Å². The van der Waals surface area contributed by atoms with Crippen LogP contribution in [-0.4, -0.2) is 14.1 Å². The van der Waals surface area contributed by atoms with Crippen molar-refractivity contribution in [2.45, 2.75) is 78.6 Å². The first-order chi connectivity index (χ1) is 37.5. The molecule has 0 atom stereocenters. The maximum absolute atomic E-state index is 6.88. The first-order valence-electron chi connectivity index (χ1n) is 27.0. The summed E-state index contributed by atoms with van der Waals surface area (Å²) < 4.78 is 20.0. The van der Waals surface area contributed by atoms with Gasteiger partial charge in [-0.05, 0) is 131 Å². The second-order valence-electron chi connectivity index (χ2n) is 24.1. The summed E-state index contributed by atoms with van der Waals surface area (Å²) in [5.74, 6) is 1.97. The topological polar surface area (TPSA) is 49.0 Å². The van der Waals surface area contributed by atoms with Crippen molar-refractivity contribution in [3.8, 4) is 73.2 Å². The van der Waals surface area contributed by atoms with E-state index in [1.807, 2.05) is 36.5 Å². The largest absolute Gasteiger partial charge is 0.510 e. The number of furan rings is 1. The molecule has 9 aromatic carbocycles. The predicted octanol–water partition coefficient (Wildman–Crippen LogP) is 18.4. The first-order valence-corrected chi connectivity index (χ1v) is 27.0. The van der Waals surface area contributed by atoms with Gasteiger partial charge < -0.3 is 18.3 Å². The van der Waals surface area contributed by atoms with E-state index < -0.39 is 0 Å². The van der Waals surface area contributed by atoms with Gasteiger partial charge in [0.15, 0.2) is 0 Å². The average Bonchev–Trinajstić information content (AvgIpc) is 4.08. The van der Waals surface area contributed by atoms with Gasteiger partial charge in [-0.25, -0.2) is 4.98 Å². The molecule has 390 valence electrons. The number of imidazole rings is 1. The van der Waals surface area contributed by atoms with Gasteiger partial charge in [0.2, 0.25) is 0 Å². The zero-order valence-corrected chi connectivity index (χ0v) is 48.1. The van der Waals surface area contributed by atoms with E-state index in [9.17, 15) is 0 Å². The summed E-state index contributed by atoms with van der Waals surface area (Å²) >= 11 is 0. The smallest absolute Gasteiger partial charge is 0.268 e. The van der Waals surface area contributed by atoms with E-state index in [0.29, 0.717) is 11.5 Å². The number of nitrogens with zero attached hydrogens (tertiary/aromatic N) is 4. The van der Waals surface area contributed by atoms with E-state index in [2.05, 4.69) is 246 Å². The van der Waals surface area contributed by atoms with Crippen LogP contribution >= 0.6 is 0 Å². The molecule has 0 amide bonds. The Kier molecular flexibility index (Phi) is 11.7. The fourth-order valence-corrected chi connectivity index (χ4v) is 11.8. The van der Waals surface area contributed by atoms with Gasteiger partial charge in [0.05, 0.1) is 16.7 Å². The number of aromatic nitrogens is 4. The molecule has 0 spiro atoms. The Morgan fingerprint density at radius 2 is 1.14 bits per heavy atom. The number of ether oxygens (including phenoxy) is 1. The molecule has 5 heterocycles. The molecule has 0 fully saturated rings. The van der Waals surface area contributed by atoms with Crippen molar-refractivity contribution in [1.29, 1.82) is 0 Å². The van der Waals surface area contributed by atoms with Gasteiger partial charge >= 0.3 is 0 Å². The Morgan fingerprint density at radius 3 is 1.87 bits per heavy atom. The third kappa shape index (κ3) is 8.34. The van der Waals surface area contributed by atoms with Crippen molar-refractivity contribution >= 4 is 54.8 Å². The number of benzene rings is 9. The normalized spacial score (nSPS) is 12.5. The van der Waals surface area contributed by atoms with Gasteiger partial charge in [0.25, 0.3) is 6.33 Å². The molecule has 0 aliphatic carbocycles. The predicted molar refractivity (Wildman–Crippen MR) is 319 cm³/mol. The number of hydrogen-bond acceptors (Lipinski definition) is 3. The maximum atomic E-state index is 6.88. The van der Waals surface area contributed by atoms with E-state index in [0.717, 1.165) is 99.8 Å². The van der Waals surface area contributed by atoms with E-state index in [-0.39, 0.29) is 37.3 Å². The van der Waals surface area contributed by atoms with Crippen LogP contribution in [0.3, 0.4) is 0 Å². The fourth-order valence-electron chi connectivity index (χ4n) is 11.8. The van der Waals surface area contributed by atoms with Gasteiger partial charge in [-0.3, -0.25) is 4.57 Å². The summed E-state index contributed by atoms with van der Waals surface area (Å²) in [7, 11) is 0. The number of rotatable bonds is 5. The average molecular weight is 1210 g/mol. The van der Waals surface area contributed by atoms with E-state index in [1.54, 1.807) is 0 Å². The van der Waals surface area contributed by atoms with E-state index in [1.165, 1.54) is 33.4 Å². The Hall–Kier alpha value is -8.31. The molecule has 6 nitrogen and oxygen atoms in total. The summed E-state index contributed by atoms with van der Waals surface area (Å²) in [6.07, 6.45) is 5.95. The molecular formula is C72H58N4O2Pt-2. The van der Waals surface area contributed by atoms with Crippen LogP contribution in [0.5, 0.6) is 11.5 Å². The van der Waals surface area contributed by atoms with Crippen molar-refractivity contribution in [3.63, 3.8) is 0 Å². The van der Waals surface area contributed by atoms with Crippen molar-refractivity contribution in [1.82, 2.24) is 14.1 Å². The maximum Gasteiger partial charge on any atom is 0.268 e. The molecule has 0 bridgehead atoms. The molecular weight excluding hydrogens is 1150 g/mol. The van der Waals surface area contributed by atoms with Crippen molar-refractivity contribution in [3.05, 3.63) is 223 Å². The summed E-state index contributed by atoms with van der Waals surface area (Å²) in [5, 5.41) is 4.37. The van der Waals surface area contributed by atoms with Crippen LogP contribution in [-0.2, 0) is 37.3 Å². The fraction of sp³-hybridized carbons (Fsp3) is 0.167. The molecule has 7 heteroatoms. The van der Waals surface area contributed by atoms with E-state index >= 15 is 0 Å². The van der Waals surface area contributed by atoms with Gasteiger partial charge in [-0.1, -0.05) is 177 Å². The van der Waals surface area contributed by atoms with Crippen LogP contribution in [0.4, 0.5) is 0 Å². The second kappa shape index (κ2) is 18.4. The van der Waals surface area contributed by atoms with Crippen LogP contribution in [0, 0.1) is 18.5 Å². The minimum absolute atomic E-state index is 0. The Bertz CT molecular complexity index is 4610. The van der Waals surface area contributed by atoms with Gasteiger partial charge in [0.1, 0.15) is 17.0 Å². The molecule has 13 aromatic rings.